The number of nitrogens with two attached hydrogens (primary N) is 1. The van der Waals surface area contributed by atoms with Crippen LogP contribution in [0.4, 0.5) is 0 Å². The standard InChI is InChI=1S/C12H26N2O/c1-10(2)14(8-9-15)12-7-5-3-4-6-11(12)13/h10-12,15H,3-9,13H2,1-2H3. The highest BCUT2D eigenvalue weighted by Gasteiger charge is 2.27. The van der Waals surface area contributed by atoms with Crippen molar-refractivity contribution < 1.29 is 5.11 Å². The minimum absolute atomic E-state index is 0.238. The average molecular weight is 214 g/mol. The summed E-state index contributed by atoms with van der Waals surface area (Å²) in [6.07, 6.45) is 6.20. The van der Waals surface area contributed by atoms with Crippen LogP contribution >= 0.6 is 0 Å². The van der Waals surface area contributed by atoms with Crippen LogP contribution in [0.3, 0.4) is 0 Å². The second-order valence-corrected chi connectivity index (χ2v) is 4.92. The molecule has 0 bridgehead atoms. The van der Waals surface area contributed by atoms with E-state index in [1.54, 1.807) is 0 Å². The minimum atomic E-state index is 0.238. The summed E-state index contributed by atoms with van der Waals surface area (Å²) in [4.78, 5) is 2.37. The van der Waals surface area contributed by atoms with E-state index < -0.39 is 0 Å². The summed E-state index contributed by atoms with van der Waals surface area (Å²) in [6, 6.07) is 1.24. The predicted molar refractivity (Wildman–Crippen MR) is 63.8 cm³/mol. The van der Waals surface area contributed by atoms with Gasteiger partial charge in [-0.2, -0.15) is 0 Å². The van der Waals surface area contributed by atoms with Crippen molar-refractivity contribution in [2.45, 2.75) is 64.1 Å². The van der Waals surface area contributed by atoms with E-state index in [9.17, 15) is 0 Å². The van der Waals surface area contributed by atoms with E-state index in [2.05, 4.69) is 18.7 Å². The van der Waals surface area contributed by atoms with Gasteiger partial charge in [0.2, 0.25) is 0 Å². The van der Waals surface area contributed by atoms with Crippen molar-refractivity contribution >= 4 is 0 Å². The van der Waals surface area contributed by atoms with Gasteiger partial charge in [-0.1, -0.05) is 19.3 Å². The first-order valence-electron chi connectivity index (χ1n) is 6.29. The molecule has 2 unspecified atom stereocenters. The molecular weight excluding hydrogens is 188 g/mol. The second kappa shape index (κ2) is 6.46. The summed E-state index contributed by atoms with van der Waals surface area (Å²) in [5, 5.41) is 9.09. The van der Waals surface area contributed by atoms with Crippen LogP contribution in [0.25, 0.3) is 0 Å². The molecule has 1 aliphatic carbocycles. The largest absolute Gasteiger partial charge is 0.395 e. The molecule has 15 heavy (non-hydrogen) atoms. The van der Waals surface area contributed by atoms with Crippen LogP contribution in [0.5, 0.6) is 0 Å². The number of aliphatic hydroxyl groups is 1. The Morgan fingerprint density at radius 2 is 1.93 bits per heavy atom. The van der Waals surface area contributed by atoms with Crippen molar-refractivity contribution in [3.05, 3.63) is 0 Å². The molecular formula is C12H26N2O. The van der Waals surface area contributed by atoms with Crippen molar-refractivity contribution in [1.82, 2.24) is 4.90 Å². The Morgan fingerprint density at radius 1 is 1.27 bits per heavy atom. The number of nitrogens with zero attached hydrogens (tertiary/aromatic N) is 1. The number of rotatable bonds is 4. The molecule has 2 atom stereocenters. The lowest BCUT2D eigenvalue weighted by molar-refractivity contribution is 0.0979. The lowest BCUT2D eigenvalue weighted by atomic mass is 10.0. The molecule has 1 rings (SSSR count). The maximum absolute atomic E-state index is 9.09. The molecule has 0 aromatic rings. The molecule has 0 spiro atoms. The molecule has 0 aromatic carbocycles. The van der Waals surface area contributed by atoms with Crippen molar-refractivity contribution in [1.29, 1.82) is 0 Å². The summed E-state index contributed by atoms with van der Waals surface area (Å²) in [5.74, 6) is 0. The van der Waals surface area contributed by atoms with Gasteiger partial charge in [0.05, 0.1) is 6.61 Å². The fraction of sp³-hybridized carbons (Fsp3) is 1.00. The third kappa shape index (κ3) is 3.74. The van der Waals surface area contributed by atoms with Gasteiger partial charge in [0, 0.05) is 24.7 Å². The summed E-state index contributed by atoms with van der Waals surface area (Å²) < 4.78 is 0. The molecule has 1 aliphatic rings. The first-order valence-corrected chi connectivity index (χ1v) is 6.29. The Morgan fingerprint density at radius 3 is 2.53 bits per heavy atom. The monoisotopic (exact) mass is 214 g/mol. The Hall–Kier alpha value is -0.120. The quantitative estimate of drug-likeness (QED) is 0.695. The van der Waals surface area contributed by atoms with Crippen LogP contribution in [0, 0.1) is 0 Å². The first-order chi connectivity index (χ1) is 7.16. The summed E-state index contributed by atoms with van der Waals surface area (Å²) in [5.41, 5.74) is 6.22. The van der Waals surface area contributed by atoms with Crippen LogP contribution in [0.15, 0.2) is 0 Å². The number of hydrogen-bond donors (Lipinski definition) is 2. The smallest absolute Gasteiger partial charge is 0.0558 e. The van der Waals surface area contributed by atoms with E-state index in [0.29, 0.717) is 18.1 Å². The van der Waals surface area contributed by atoms with Gasteiger partial charge in [-0.05, 0) is 26.7 Å². The molecule has 3 nitrogen and oxygen atoms in total. The summed E-state index contributed by atoms with van der Waals surface area (Å²) in [7, 11) is 0. The Labute approximate surface area is 93.6 Å². The average Bonchev–Trinajstić information content (AvgIpc) is 2.39. The molecule has 3 N–H and O–H groups in total. The van der Waals surface area contributed by atoms with Crippen LogP contribution in [-0.4, -0.2) is 41.3 Å². The first kappa shape index (κ1) is 12.9. The SMILES string of the molecule is CC(C)N(CCO)C1CCCCCC1N. The van der Waals surface area contributed by atoms with Crippen LogP contribution in [0.2, 0.25) is 0 Å². The molecule has 0 amide bonds. The fourth-order valence-electron chi connectivity index (χ4n) is 2.65. The lowest BCUT2D eigenvalue weighted by Gasteiger charge is -2.37. The van der Waals surface area contributed by atoms with Crippen molar-refractivity contribution in [2.75, 3.05) is 13.2 Å². The van der Waals surface area contributed by atoms with Crippen molar-refractivity contribution in [3.63, 3.8) is 0 Å². The molecule has 0 saturated heterocycles. The van der Waals surface area contributed by atoms with Crippen LogP contribution < -0.4 is 5.73 Å². The highest BCUT2D eigenvalue weighted by molar-refractivity contribution is 4.86. The number of hydrogen-bond acceptors (Lipinski definition) is 3. The van der Waals surface area contributed by atoms with Gasteiger partial charge < -0.3 is 10.8 Å². The van der Waals surface area contributed by atoms with E-state index in [1.165, 1.54) is 25.7 Å². The summed E-state index contributed by atoms with van der Waals surface area (Å²) in [6.45, 7) is 5.37. The van der Waals surface area contributed by atoms with Crippen LogP contribution in [0.1, 0.15) is 46.0 Å². The number of aliphatic hydroxyl groups excluding tert-OH is 1. The zero-order valence-corrected chi connectivity index (χ0v) is 10.2. The highest BCUT2D eigenvalue weighted by Crippen LogP contribution is 2.22. The fourth-order valence-corrected chi connectivity index (χ4v) is 2.65. The third-order valence-corrected chi connectivity index (χ3v) is 3.48. The van der Waals surface area contributed by atoms with Gasteiger partial charge in [-0.25, -0.2) is 0 Å². The molecule has 3 heteroatoms. The van der Waals surface area contributed by atoms with E-state index in [4.69, 9.17) is 10.8 Å². The second-order valence-electron chi connectivity index (χ2n) is 4.92. The summed E-state index contributed by atoms with van der Waals surface area (Å²) >= 11 is 0. The third-order valence-electron chi connectivity index (χ3n) is 3.48. The highest BCUT2D eigenvalue weighted by atomic mass is 16.3. The maximum Gasteiger partial charge on any atom is 0.0558 e. The Kier molecular flexibility index (Phi) is 5.58. The molecule has 0 aromatic heterocycles. The van der Waals surface area contributed by atoms with Crippen molar-refractivity contribution in [2.24, 2.45) is 5.73 Å². The van der Waals surface area contributed by atoms with Gasteiger partial charge in [0.15, 0.2) is 0 Å². The topological polar surface area (TPSA) is 49.5 Å². The molecule has 0 aliphatic heterocycles. The Balaban J connectivity index is 2.61. The van der Waals surface area contributed by atoms with Gasteiger partial charge in [-0.3, -0.25) is 4.90 Å². The van der Waals surface area contributed by atoms with E-state index in [1.807, 2.05) is 0 Å². The van der Waals surface area contributed by atoms with Gasteiger partial charge in [-0.15, -0.1) is 0 Å². The van der Waals surface area contributed by atoms with Gasteiger partial charge in [0.25, 0.3) is 0 Å². The van der Waals surface area contributed by atoms with Gasteiger partial charge in [0.1, 0.15) is 0 Å². The maximum atomic E-state index is 9.09. The van der Waals surface area contributed by atoms with Crippen molar-refractivity contribution in [3.8, 4) is 0 Å². The molecule has 0 heterocycles. The Bertz CT molecular complexity index is 173. The lowest BCUT2D eigenvalue weighted by Crippen LogP contribution is -2.51. The predicted octanol–water partition coefficient (Wildman–Crippen LogP) is 1.35. The normalized spacial score (nSPS) is 28.4. The van der Waals surface area contributed by atoms with Gasteiger partial charge >= 0.3 is 0 Å². The van der Waals surface area contributed by atoms with E-state index in [-0.39, 0.29) is 6.61 Å². The molecule has 90 valence electrons. The van der Waals surface area contributed by atoms with Crippen LogP contribution in [-0.2, 0) is 0 Å². The zero-order chi connectivity index (χ0) is 11.3. The zero-order valence-electron chi connectivity index (χ0n) is 10.2. The molecule has 1 fully saturated rings. The van der Waals surface area contributed by atoms with E-state index in [0.717, 1.165) is 13.0 Å². The minimum Gasteiger partial charge on any atom is -0.395 e. The molecule has 1 saturated carbocycles. The van der Waals surface area contributed by atoms with E-state index >= 15 is 0 Å². The molecule has 0 radical (unpaired) electrons.